The summed E-state index contributed by atoms with van der Waals surface area (Å²) in [5.74, 6) is 1.52. The van der Waals surface area contributed by atoms with Gasteiger partial charge in [-0.2, -0.15) is 0 Å². The molecule has 7 nitrogen and oxygen atoms in total. The number of aryl methyl sites for hydroxylation is 2. The first-order valence-corrected chi connectivity index (χ1v) is 11.8. The summed E-state index contributed by atoms with van der Waals surface area (Å²) < 4.78 is 44.3. The average Bonchev–Trinajstić information content (AvgIpc) is 3.39. The van der Waals surface area contributed by atoms with Crippen molar-refractivity contribution in [1.82, 2.24) is 5.16 Å². The van der Waals surface area contributed by atoms with Crippen LogP contribution in [0.4, 0.5) is 5.88 Å². The lowest BCUT2D eigenvalue weighted by atomic mass is 10.1. The molecule has 1 aromatic carbocycles. The Morgan fingerprint density at radius 2 is 2.03 bits per heavy atom. The van der Waals surface area contributed by atoms with Crippen molar-refractivity contribution in [3.8, 4) is 11.5 Å². The maximum absolute atomic E-state index is 12.8. The lowest BCUT2D eigenvalue weighted by molar-refractivity contribution is 0.174. The molecule has 1 aliphatic heterocycles. The molecule has 0 fully saturated rings. The molecule has 0 amide bonds. The summed E-state index contributed by atoms with van der Waals surface area (Å²) in [4.78, 5) is 0.940. The third-order valence-electron chi connectivity index (χ3n) is 4.37. The van der Waals surface area contributed by atoms with Crippen molar-refractivity contribution < 1.29 is 22.4 Å². The maximum Gasteiger partial charge on any atom is 0.265 e. The van der Waals surface area contributed by atoms with Crippen LogP contribution in [0, 0.1) is 13.8 Å². The van der Waals surface area contributed by atoms with Gasteiger partial charge in [0.15, 0.2) is 11.5 Å². The van der Waals surface area contributed by atoms with E-state index in [0.717, 1.165) is 21.8 Å². The van der Waals surface area contributed by atoms with E-state index in [-0.39, 0.29) is 17.6 Å². The summed E-state index contributed by atoms with van der Waals surface area (Å²) in [6.07, 6.45) is 4.36. The molecule has 0 atom stereocenters. The lowest BCUT2D eigenvalue weighted by Gasteiger charge is -2.06. The molecule has 3 heterocycles. The zero-order valence-corrected chi connectivity index (χ0v) is 18.8. The molecule has 0 saturated heterocycles. The van der Waals surface area contributed by atoms with Crippen molar-refractivity contribution in [1.29, 1.82) is 0 Å². The van der Waals surface area contributed by atoms with Crippen LogP contribution in [0.3, 0.4) is 0 Å². The molecule has 0 bridgehead atoms. The number of thiophene rings is 1. The molecule has 1 N–H and O–H groups in total. The Labute approximate surface area is 180 Å². The molecular weight excluding hydrogens is 480 g/mol. The number of nitrogens with zero attached hydrogens (tertiary/aromatic N) is 1. The Balaban J connectivity index is 1.52. The minimum absolute atomic E-state index is 0.0613. The van der Waals surface area contributed by atoms with Gasteiger partial charge in [0.2, 0.25) is 6.79 Å². The van der Waals surface area contributed by atoms with Crippen molar-refractivity contribution in [2.45, 2.75) is 25.2 Å². The largest absolute Gasteiger partial charge is 0.454 e. The Morgan fingerprint density at radius 3 is 2.76 bits per heavy atom. The highest BCUT2D eigenvalue weighted by atomic mass is 79.9. The highest BCUT2D eigenvalue weighted by molar-refractivity contribution is 9.10. The highest BCUT2D eigenvalue weighted by Crippen LogP contribution is 2.35. The van der Waals surface area contributed by atoms with Gasteiger partial charge in [-0.05, 0) is 64.5 Å². The van der Waals surface area contributed by atoms with Crippen molar-refractivity contribution >= 4 is 49.3 Å². The van der Waals surface area contributed by atoms with Gasteiger partial charge in [-0.3, -0.25) is 0 Å². The number of anilines is 1. The zero-order chi connectivity index (χ0) is 20.6. The van der Waals surface area contributed by atoms with E-state index in [1.807, 2.05) is 31.2 Å². The van der Waals surface area contributed by atoms with Gasteiger partial charge in [0.05, 0.1) is 5.69 Å². The molecule has 4 rings (SSSR count). The van der Waals surface area contributed by atoms with Gasteiger partial charge < -0.3 is 14.0 Å². The van der Waals surface area contributed by atoms with E-state index in [2.05, 4.69) is 25.8 Å². The van der Waals surface area contributed by atoms with Gasteiger partial charge in [-0.15, -0.1) is 11.3 Å². The minimum Gasteiger partial charge on any atom is -0.454 e. The summed E-state index contributed by atoms with van der Waals surface area (Å²) in [5.41, 5.74) is 2.61. The molecule has 0 saturated carbocycles. The first-order chi connectivity index (χ1) is 13.8. The number of halogens is 1. The van der Waals surface area contributed by atoms with E-state index in [1.165, 1.54) is 11.3 Å². The fourth-order valence-electron chi connectivity index (χ4n) is 2.85. The zero-order valence-electron chi connectivity index (χ0n) is 15.6. The standard InChI is InChI=1S/C19H17BrN2O5S2/c1-11-8-14-15(26-10-25-14)9-13(11)4-3-5-16-17(6-7-28-16)29(23,24)22-19-18(20)12(2)21-27-19/h3-4,6-9,22H,5,10H2,1-2H3. The number of allylic oxidation sites excluding steroid dienone is 1. The van der Waals surface area contributed by atoms with E-state index in [0.29, 0.717) is 22.3 Å². The van der Waals surface area contributed by atoms with Crippen LogP contribution in [0.15, 0.2) is 43.5 Å². The van der Waals surface area contributed by atoms with E-state index in [4.69, 9.17) is 14.0 Å². The third-order valence-corrected chi connectivity index (χ3v) is 7.80. The van der Waals surface area contributed by atoms with Crippen LogP contribution in [0.5, 0.6) is 11.5 Å². The molecule has 152 valence electrons. The predicted octanol–water partition coefficient (Wildman–Crippen LogP) is 4.90. The van der Waals surface area contributed by atoms with Gasteiger partial charge in [0.1, 0.15) is 9.37 Å². The van der Waals surface area contributed by atoms with Crippen LogP contribution >= 0.6 is 27.3 Å². The van der Waals surface area contributed by atoms with Gasteiger partial charge in [-0.25, -0.2) is 13.1 Å². The summed E-state index contributed by atoms with van der Waals surface area (Å²) in [6, 6.07) is 5.44. The number of ether oxygens (including phenoxy) is 2. The van der Waals surface area contributed by atoms with Crippen molar-refractivity contribution in [2.75, 3.05) is 11.5 Å². The number of benzene rings is 1. The Hall–Kier alpha value is -2.30. The van der Waals surface area contributed by atoms with Crippen LogP contribution < -0.4 is 14.2 Å². The van der Waals surface area contributed by atoms with E-state index < -0.39 is 10.0 Å². The van der Waals surface area contributed by atoms with Gasteiger partial charge in [0, 0.05) is 11.3 Å². The number of sulfonamides is 1. The van der Waals surface area contributed by atoms with E-state index >= 15 is 0 Å². The molecule has 3 aromatic rings. The van der Waals surface area contributed by atoms with Crippen molar-refractivity contribution in [3.05, 3.63) is 55.8 Å². The number of rotatable bonds is 6. The summed E-state index contributed by atoms with van der Waals surface area (Å²) in [7, 11) is -3.79. The highest BCUT2D eigenvalue weighted by Gasteiger charge is 2.23. The van der Waals surface area contributed by atoms with Gasteiger partial charge in [-0.1, -0.05) is 17.3 Å². The normalized spacial score (nSPS) is 13.3. The second-order valence-corrected chi connectivity index (χ2v) is 9.84. The molecule has 1 aliphatic rings. The number of aromatic nitrogens is 1. The molecule has 0 unspecified atom stereocenters. The lowest BCUT2D eigenvalue weighted by Crippen LogP contribution is -2.13. The number of fused-ring (bicyclic) bond motifs is 1. The van der Waals surface area contributed by atoms with Crippen LogP contribution in [0.2, 0.25) is 0 Å². The third kappa shape index (κ3) is 4.05. The van der Waals surface area contributed by atoms with Crippen molar-refractivity contribution in [3.63, 3.8) is 0 Å². The SMILES string of the molecule is Cc1cc2c(cc1C=CCc1sccc1S(=O)(=O)Nc1onc(C)c1Br)OCO2. The summed E-state index contributed by atoms with van der Waals surface area (Å²) >= 11 is 4.65. The number of hydrogen-bond acceptors (Lipinski definition) is 7. The summed E-state index contributed by atoms with van der Waals surface area (Å²) in [6.45, 7) is 3.93. The smallest absolute Gasteiger partial charge is 0.265 e. The Bertz CT molecular complexity index is 1200. The molecule has 10 heteroatoms. The van der Waals surface area contributed by atoms with Crippen LogP contribution in [-0.2, 0) is 16.4 Å². The predicted molar refractivity (Wildman–Crippen MR) is 114 cm³/mol. The number of nitrogens with one attached hydrogen (secondary N) is 1. The molecule has 0 aliphatic carbocycles. The summed E-state index contributed by atoms with van der Waals surface area (Å²) in [5, 5.41) is 5.50. The van der Waals surface area contributed by atoms with Gasteiger partial charge >= 0.3 is 0 Å². The Kier molecular flexibility index (Phi) is 5.41. The van der Waals surface area contributed by atoms with Crippen LogP contribution in [0.1, 0.15) is 21.7 Å². The molecular formula is C19H17BrN2O5S2. The molecule has 0 spiro atoms. The topological polar surface area (TPSA) is 90.7 Å². The monoisotopic (exact) mass is 496 g/mol. The van der Waals surface area contributed by atoms with Gasteiger partial charge in [0.25, 0.3) is 15.9 Å². The fourth-order valence-corrected chi connectivity index (χ4v) is 5.65. The van der Waals surface area contributed by atoms with E-state index in [1.54, 1.807) is 18.4 Å². The first-order valence-electron chi connectivity index (χ1n) is 8.63. The average molecular weight is 497 g/mol. The van der Waals surface area contributed by atoms with Crippen LogP contribution in [-0.4, -0.2) is 20.4 Å². The second kappa shape index (κ2) is 7.85. The van der Waals surface area contributed by atoms with Crippen molar-refractivity contribution in [2.24, 2.45) is 0 Å². The fraction of sp³-hybridized carbons (Fsp3) is 0.211. The Morgan fingerprint density at radius 1 is 1.28 bits per heavy atom. The molecule has 0 radical (unpaired) electrons. The van der Waals surface area contributed by atoms with Crippen LogP contribution in [0.25, 0.3) is 6.08 Å². The first kappa shape index (κ1) is 20.0. The maximum atomic E-state index is 12.8. The number of hydrogen-bond donors (Lipinski definition) is 1. The van der Waals surface area contributed by atoms with E-state index in [9.17, 15) is 8.42 Å². The second-order valence-electron chi connectivity index (χ2n) is 6.39. The molecule has 29 heavy (non-hydrogen) atoms. The molecule has 2 aromatic heterocycles. The minimum atomic E-state index is -3.79. The quantitative estimate of drug-likeness (QED) is 0.521.